The standard InChI is InChI=1S/C11H9NS2/c1-3-7-13-11-12-10-8(2)5-4-6-9(10)14-11/h1,4-6H,7H2,2H3. The zero-order valence-corrected chi connectivity index (χ0v) is 9.41. The van der Waals surface area contributed by atoms with Crippen LogP contribution >= 0.6 is 23.1 Å². The molecule has 0 aliphatic carbocycles. The topological polar surface area (TPSA) is 12.9 Å². The number of terminal acetylenes is 1. The molecule has 2 aromatic rings. The number of hydrogen-bond acceptors (Lipinski definition) is 3. The van der Waals surface area contributed by atoms with Gasteiger partial charge in [-0.3, -0.25) is 0 Å². The monoisotopic (exact) mass is 219 g/mol. The minimum atomic E-state index is 0.693. The van der Waals surface area contributed by atoms with Gasteiger partial charge >= 0.3 is 0 Å². The van der Waals surface area contributed by atoms with Crippen LogP contribution in [0.2, 0.25) is 0 Å². The van der Waals surface area contributed by atoms with E-state index in [2.05, 4.69) is 36.0 Å². The zero-order chi connectivity index (χ0) is 9.97. The molecule has 0 atom stereocenters. The molecule has 70 valence electrons. The zero-order valence-electron chi connectivity index (χ0n) is 7.78. The third-order valence-electron chi connectivity index (χ3n) is 1.88. The number of thioether (sulfide) groups is 1. The third-order valence-corrected chi connectivity index (χ3v) is 3.95. The molecule has 0 radical (unpaired) electrons. The summed E-state index contributed by atoms with van der Waals surface area (Å²) in [4.78, 5) is 4.54. The molecule has 0 spiro atoms. The van der Waals surface area contributed by atoms with Crippen molar-refractivity contribution in [3.8, 4) is 12.3 Å². The van der Waals surface area contributed by atoms with Crippen LogP contribution in [0.1, 0.15) is 5.56 Å². The fourth-order valence-electron chi connectivity index (χ4n) is 1.23. The van der Waals surface area contributed by atoms with Crippen LogP contribution in [0.5, 0.6) is 0 Å². The molecule has 0 unspecified atom stereocenters. The Morgan fingerprint density at radius 2 is 2.43 bits per heavy atom. The second-order valence-electron chi connectivity index (χ2n) is 2.89. The average Bonchev–Trinajstić information content (AvgIpc) is 2.59. The van der Waals surface area contributed by atoms with Crippen LogP contribution in [0, 0.1) is 19.3 Å². The molecule has 0 aliphatic heterocycles. The normalized spacial score (nSPS) is 10.3. The number of aryl methyl sites for hydroxylation is 1. The molecule has 0 fully saturated rings. The fourth-order valence-corrected chi connectivity index (χ4v) is 3.05. The highest BCUT2D eigenvalue weighted by Crippen LogP contribution is 2.30. The van der Waals surface area contributed by atoms with E-state index in [0.29, 0.717) is 5.75 Å². The Kier molecular flexibility index (Phi) is 2.76. The molecule has 0 saturated carbocycles. The maximum absolute atomic E-state index is 5.21. The maximum atomic E-state index is 5.21. The van der Waals surface area contributed by atoms with Gasteiger partial charge in [0, 0.05) is 0 Å². The smallest absolute Gasteiger partial charge is 0.152 e. The van der Waals surface area contributed by atoms with E-state index in [0.717, 1.165) is 9.86 Å². The summed E-state index contributed by atoms with van der Waals surface area (Å²) in [6.07, 6.45) is 5.21. The largest absolute Gasteiger partial charge is 0.229 e. The van der Waals surface area contributed by atoms with Gasteiger partial charge in [-0.1, -0.05) is 29.8 Å². The summed E-state index contributed by atoms with van der Waals surface area (Å²) in [5.74, 6) is 3.30. The first-order valence-electron chi connectivity index (χ1n) is 4.23. The van der Waals surface area contributed by atoms with Crippen molar-refractivity contribution in [1.29, 1.82) is 0 Å². The minimum absolute atomic E-state index is 0.693. The van der Waals surface area contributed by atoms with E-state index in [-0.39, 0.29) is 0 Å². The summed E-state index contributed by atoms with van der Waals surface area (Å²) in [5, 5.41) is 0. The number of nitrogens with zero attached hydrogens (tertiary/aromatic N) is 1. The summed E-state index contributed by atoms with van der Waals surface area (Å²) in [7, 11) is 0. The lowest BCUT2D eigenvalue weighted by molar-refractivity contribution is 1.29. The van der Waals surface area contributed by atoms with Gasteiger partial charge in [0.05, 0.1) is 16.0 Å². The van der Waals surface area contributed by atoms with E-state index in [1.807, 2.05) is 0 Å². The van der Waals surface area contributed by atoms with E-state index < -0.39 is 0 Å². The number of aromatic nitrogens is 1. The van der Waals surface area contributed by atoms with Crippen molar-refractivity contribution in [3.63, 3.8) is 0 Å². The van der Waals surface area contributed by atoms with Crippen LogP contribution in [-0.2, 0) is 0 Å². The van der Waals surface area contributed by atoms with Gasteiger partial charge in [0.25, 0.3) is 0 Å². The number of fused-ring (bicyclic) bond motifs is 1. The molecule has 0 N–H and O–H groups in total. The van der Waals surface area contributed by atoms with Crippen molar-refractivity contribution in [2.24, 2.45) is 0 Å². The number of hydrogen-bond donors (Lipinski definition) is 0. The van der Waals surface area contributed by atoms with E-state index in [1.165, 1.54) is 10.3 Å². The number of para-hydroxylation sites is 1. The molecule has 0 saturated heterocycles. The van der Waals surface area contributed by atoms with Crippen LogP contribution in [0.3, 0.4) is 0 Å². The van der Waals surface area contributed by atoms with Gasteiger partial charge in [0.1, 0.15) is 0 Å². The summed E-state index contributed by atoms with van der Waals surface area (Å²) in [5.41, 5.74) is 2.34. The molecule has 1 aromatic heterocycles. The maximum Gasteiger partial charge on any atom is 0.152 e. The summed E-state index contributed by atoms with van der Waals surface area (Å²) in [6.45, 7) is 2.08. The molecule has 0 aliphatic rings. The van der Waals surface area contributed by atoms with Crippen LogP contribution in [0.25, 0.3) is 10.2 Å². The SMILES string of the molecule is C#CCSc1nc2c(C)cccc2s1. The first-order chi connectivity index (χ1) is 6.81. The minimum Gasteiger partial charge on any atom is -0.229 e. The lowest BCUT2D eigenvalue weighted by Crippen LogP contribution is -1.75. The van der Waals surface area contributed by atoms with Gasteiger partial charge in [-0.15, -0.1) is 17.8 Å². The molecule has 0 amide bonds. The Hall–Kier alpha value is -0.980. The van der Waals surface area contributed by atoms with Crippen LogP contribution in [-0.4, -0.2) is 10.7 Å². The van der Waals surface area contributed by atoms with E-state index in [4.69, 9.17) is 6.42 Å². The summed E-state index contributed by atoms with van der Waals surface area (Å²) >= 11 is 3.33. The average molecular weight is 219 g/mol. The Morgan fingerprint density at radius 1 is 1.57 bits per heavy atom. The molecule has 1 aromatic carbocycles. The Labute approximate surface area is 91.6 Å². The van der Waals surface area contributed by atoms with E-state index in [1.54, 1.807) is 23.1 Å². The summed E-state index contributed by atoms with van der Waals surface area (Å²) in [6, 6.07) is 6.24. The third kappa shape index (κ3) is 1.77. The van der Waals surface area contributed by atoms with Gasteiger partial charge in [0.15, 0.2) is 4.34 Å². The van der Waals surface area contributed by atoms with Crippen molar-refractivity contribution >= 4 is 33.3 Å². The van der Waals surface area contributed by atoms with Gasteiger partial charge in [0.2, 0.25) is 0 Å². The van der Waals surface area contributed by atoms with E-state index >= 15 is 0 Å². The molecule has 14 heavy (non-hydrogen) atoms. The van der Waals surface area contributed by atoms with Gasteiger partial charge < -0.3 is 0 Å². The van der Waals surface area contributed by atoms with E-state index in [9.17, 15) is 0 Å². The quantitative estimate of drug-likeness (QED) is 0.567. The number of rotatable bonds is 2. The van der Waals surface area contributed by atoms with Gasteiger partial charge in [-0.2, -0.15) is 0 Å². The highest BCUT2D eigenvalue weighted by molar-refractivity contribution is 8.01. The van der Waals surface area contributed by atoms with Crippen molar-refractivity contribution in [1.82, 2.24) is 4.98 Å². The highest BCUT2D eigenvalue weighted by atomic mass is 32.2. The van der Waals surface area contributed by atoms with Crippen molar-refractivity contribution < 1.29 is 0 Å². The Bertz CT molecular complexity index is 493. The lowest BCUT2D eigenvalue weighted by Gasteiger charge is -1.90. The second-order valence-corrected chi connectivity index (χ2v) is 5.15. The molecular weight excluding hydrogens is 210 g/mol. The van der Waals surface area contributed by atoms with Gasteiger partial charge in [-0.05, 0) is 18.6 Å². The highest BCUT2D eigenvalue weighted by Gasteiger charge is 2.04. The first kappa shape index (κ1) is 9.57. The predicted octanol–water partition coefficient (Wildman–Crippen LogP) is 3.33. The fraction of sp³-hybridized carbons (Fsp3) is 0.182. The molecule has 3 heteroatoms. The Balaban J connectivity index is 2.42. The molecule has 2 rings (SSSR count). The number of thiazole rings is 1. The predicted molar refractivity (Wildman–Crippen MR) is 63.9 cm³/mol. The lowest BCUT2D eigenvalue weighted by atomic mass is 10.2. The molecular formula is C11H9NS2. The van der Waals surface area contributed by atoms with Crippen LogP contribution < -0.4 is 0 Å². The Morgan fingerprint density at radius 3 is 3.14 bits per heavy atom. The molecule has 1 nitrogen and oxygen atoms in total. The van der Waals surface area contributed by atoms with Gasteiger partial charge in [-0.25, -0.2) is 4.98 Å². The first-order valence-corrected chi connectivity index (χ1v) is 6.04. The van der Waals surface area contributed by atoms with Crippen LogP contribution in [0.15, 0.2) is 22.5 Å². The summed E-state index contributed by atoms with van der Waals surface area (Å²) < 4.78 is 2.30. The van der Waals surface area contributed by atoms with Crippen molar-refractivity contribution in [2.45, 2.75) is 11.3 Å². The molecule has 1 heterocycles. The van der Waals surface area contributed by atoms with Crippen molar-refractivity contribution in [2.75, 3.05) is 5.75 Å². The van der Waals surface area contributed by atoms with Crippen LogP contribution in [0.4, 0.5) is 0 Å². The number of benzene rings is 1. The van der Waals surface area contributed by atoms with Crippen molar-refractivity contribution in [3.05, 3.63) is 23.8 Å². The molecule has 0 bridgehead atoms. The second kappa shape index (κ2) is 4.04.